The SMILES string of the molecule is CCOC(=O)CC(=O)Nc1ccc(/C=C/C(=O)NCC(=O)N(C)c2ccc(Cl)c(COc3cccn4c(Br)c(C)nc34)c2Cl)cc1.Cl. The number of ether oxygens (including phenoxy) is 2. The highest BCUT2D eigenvalue weighted by Crippen LogP contribution is 2.35. The molecule has 11 nitrogen and oxygen atoms in total. The van der Waals surface area contributed by atoms with E-state index in [0.29, 0.717) is 38.9 Å². The molecule has 15 heteroatoms. The average molecular weight is 768 g/mol. The van der Waals surface area contributed by atoms with Gasteiger partial charge < -0.3 is 25.0 Å². The summed E-state index contributed by atoms with van der Waals surface area (Å²) >= 11 is 16.7. The van der Waals surface area contributed by atoms with Crippen LogP contribution in [0.5, 0.6) is 5.75 Å². The maximum Gasteiger partial charge on any atom is 0.315 e. The molecule has 2 N–H and O–H groups in total. The number of pyridine rings is 1. The topological polar surface area (TPSA) is 131 Å². The zero-order chi connectivity index (χ0) is 33.4. The van der Waals surface area contributed by atoms with Crippen molar-refractivity contribution in [1.82, 2.24) is 14.7 Å². The van der Waals surface area contributed by atoms with Crippen LogP contribution in [0.3, 0.4) is 0 Å². The summed E-state index contributed by atoms with van der Waals surface area (Å²) in [5.41, 5.74) is 3.48. The van der Waals surface area contributed by atoms with E-state index in [1.54, 1.807) is 62.5 Å². The fourth-order valence-electron chi connectivity index (χ4n) is 4.24. The summed E-state index contributed by atoms with van der Waals surface area (Å²) in [5.74, 6) is -1.47. The molecule has 0 unspecified atom stereocenters. The van der Waals surface area contributed by atoms with Gasteiger partial charge in [0.15, 0.2) is 11.4 Å². The number of carbonyl (C=O) groups is 4. The van der Waals surface area contributed by atoms with Gasteiger partial charge in [-0.05, 0) is 77.8 Å². The standard InChI is InChI=1S/C32H30BrCl2N5O6.ClH/c1-4-45-29(44)16-27(42)38-21-10-7-20(8-11-21)9-14-26(41)36-17-28(43)39(3)24-13-12-23(34)22(30(24)35)18-46-25-6-5-15-40-31(33)19(2)37-32(25)40;/h5-15H,4,16-18H2,1-3H3,(H,36,41)(H,38,42);1H/b14-9+;. The number of amides is 3. The van der Waals surface area contributed by atoms with Gasteiger partial charge >= 0.3 is 5.97 Å². The van der Waals surface area contributed by atoms with Gasteiger partial charge in [-0.25, -0.2) is 4.98 Å². The highest BCUT2D eigenvalue weighted by atomic mass is 79.9. The molecule has 0 atom stereocenters. The van der Waals surface area contributed by atoms with Gasteiger partial charge in [0.25, 0.3) is 0 Å². The predicted molar refractivity (Wildman–Crippen MR) is 187 cm³/mol. The molecular formula is C32H31BrCl3N5O6. The quantitative estimate of drug-likeness (QED) is 0.0970. The van der Waals surface area contributed by atoms with Crippen molar-refractivity contribution < 1.29 is 28.7 Å². The van der Waals surface area contributed by atoms with Crippen molar-refractivity contribution in [2.45, 2.75) is 26.9 Å². The van der Waals surface area contributed by atoms with E-state index in [4.69, 9.17) is 32.7 Å². The normalized spacial score (nSPS) is 10.8. The van der Waals surface area contributed by atoms with E-state index in [1.165, 1.54) is 11.0 Å². The number of hydrogen-bond acceptors (Lipinski definition) is 7. The van der Waals surface area contributed by atoms with Gasteiger partial charge in [0, 0.05) is 35.6 Å². The highest BCUT2D eigenvalue weighted by molar-refractivity contribution is 9.10. The van der Waals surface area contributed by atoms with Crippen molar-refractivity contribution in [3.05, 3.63) is 92.3 Å². The van der Waals surface area contributed by atoms with E-state index in [9.17, 15) is 19.2 Å². The Balaban J connectivity index is 0.00000600. The zero-order valence-corrected chi connectivity index (χ0v) is 29.4. The largest absolute Gasteiger partial charge is 0.485 e. The summed E-state index contributed by atoms with van der Waals surface area (Å²) in [6.07, 6.45) is 4.32. The number of anilines is 2. The average Bonchev–Trinajstić information content (AvgIpc) is 3.32. The third kappa shape index (κ3) is 9.71. The summed E-state index contributed by atoms with van der Waals surface area (Å²) in [5, 5.41) is 5.77. The number of imidazole rings is 1. The van der Waals surface area contributed by atoms with Gasteiger partial charge in [-0.15, -0.1) is 12.4 Å². The molecule has 4 aromatic rings. The molecule has 2 heterocycles. The van der Waals surface area contributed by atoms with E-state index in [-0.39, 0.29) is 43.6 Å². The Labute approximate surface area is 295 Å². The van der Waals surface area contributed by atoms with Gasteiger partial charge in [0.05, 0.1) is 29.6 Å². The summed E-state index contributed by atoms with van der Waals surface area (Å²) in [6, 6.07) is 13.5. The van der Waals surface area contributed by atoms with E-state index in [2.05, 4.69) is 31.5 Å². The number of benzene rings is 2. The Hall–Kier alpha value is -4.10. The van der Waals surface area contributed by atoms with Crippen molar-refractivity contribution in [3.8, 4) is 5.75 Å². The number of halogens is 4. The van der Waals surface area contributed by atoms with Crippen LogP contribution in [0.25, 0.3) is 11.7 Å². The molecule has 248 valence electrons. The van der Waals surface area contributed by atoms with E-state index in [1.807, 2.05) is 23.6 Å². The third-order valence-corrected chi connectivity index (χ3v) is 8.37. The van der Waals surface area contributed by atoms with Crippen molar-refractivity contribution >= 4 is 98.3 Å². The molecule has 3 amide bonds. The first-order valence-corrected chi connectivity index (χ1v) is 15.5. The molecule has 47 heavy (non-hydrogen) atoms. The monoisotopic (exact) mass is 765 g/mol. The summed E-state index contributed by atoms with van der Waals surface area (Å²) in [7, 11) is 1.54. The minimum Gasteiger partial charge on any atom is -0.485 e. The second-order valence-corrected chi connectivity index (χ2v) is 11.4. The lowest BCUT2D eigenvalue weighted by molar-refractivity contribution is -0.145. The first-order chi connectivity index (χ1) is 22.0. The van der Waals surface area contributed by atoms with Crippen molar-refractivity contribution in [2.24, 2.45) is 0 Å². The summed E-state index contributed by atoms with van der Waals surface area (Å²) < 4.78 is 13.5. The van der Waals surface area contributed by atoms with Gasteiger partial charge in [-0.3, -0.25) is 23.6 Å². The lowest BCUT2D eigenvalue weighted by atomic mass is 10.2. The molecule has 2 aromatic heterocycles. The van der Waals surface area contributed by atoms with Crippen LogP contribution < -0.4 is 20.3 Å². The number of nitrogens with zero attached hydrogens (tertiary/aromatic N) is 3. The highest BCUT2D eigenvalue weighted by Gasteiger charge is 2.20. The van der Waals surface area contributed by atoms with Crippen LogP contribution in [-0.4, -0.2) is 53.3 Å². The molecule has 0 fully saturated rings. The molecule has 0 spiro atoms. The number of hydrogen-bond donors (Lipinski definition) is 2. The second kappa shape index (κ2) is 17.2. The van der Waals surface area contributed by atoms with Gasteiger partial charge in [-0.1, -0.05) is 35.3 Å². The number of likely N-dealkylation sites (N-methyl/N-ethyl adjacent to an activating group) is 1. The molecule has 0 aliphatic heterocycles. The molecule has 0 saturated carbocycles. The number of nitrogens with one attached hydrogen (secondary N) is 2. The van der Waals surface area contributed by atoms with E-state index >= 15 is 0 Å². The summed E-state index contributed by atoms with van der Waals surface area (Å²) in [4.78, 5) is 54.6. The summed E-state index contributed by atoms with van der Waals surface area (Å²) in [6.45, 7) is 3.48. The molecule has 0 bridgehead atoms. The Morgan fingerprint density at radius 2 is 1.81 bits per heavy atom. The van der Waals surface area contributed by atoms with Crippen LogP contribution in [0.15, 0.2) is 65.4 Å². The smallest absolute Gasteiger partial charge is 0.315 e. The molecule has 0 radical (unpaired) electrons. The van der Waals surface area contributed by atoms with Crippen molar-refractivity contribution in [3.63, 3.8) is 0 Å². The maximum atomic E-state index is 12.9. The number of aromatic nitrogens is 2. The first kappa shape index (κ1) is 37.4. The molecule has 0 aliphatic carbocycles. The molecule has 4 rings (SSSR count). The van der Waals surface area contributed by atoms with Crippen molar-refractivity contribution in [2.75, 3.05) is 30.4 Å². The number of carbonyl (C=O) groups excluding carboxylic acids is 4. The van der Waals surface area contributed by atoms with E-state index in [0.717, 1.165) is 10.3 Å². The Morgan fingerprint density at radius 3 is 2.51 bits per heavy atom. The first-order valence-electron chi connectivity index (χ1n) is 14.0. The zero-order valence-electron chi connectivity index (χ0n) is 25.5. The number of aryl methyl sites for hydroxylation is 1. The Morgan fingerprint density at radius 1 is 1.09 bits per heavy atom. The van der Waals surface area contributed by atoms with Gasteiger partial charge in [-0.2, -0.15) is 0 Å². The predicted octanol–water partition coefficient (Wildman–Crippen LogP) is 6.40. The van der Waals surface area contributed by atoms with Crippen molar-refractivity contribution in [1.29, 1.82) is 0 Å². The lowest BCUT2D eigenvalue weighted by Crippen LogP contribution is -2.37. The fraction of sp³-hybridized carbons (Fsp3) is 0.219. The number of rotatable bonds is 12. The number of esters is 1. The van der Waals surface area contributed by atoms with Crippen LogP contribution >= 0.6 is 51.5 Å². The minimum atomic E-state index is -0.606. The molecule has 0 aliphatic rings. The second-order valence-electron chi connectivity index (χ2n) is 9.86. The van der Waals surface area contributed by atoms with Crippen LogP contribution in [0, 0.1) is 6.92 Å². The Bertz CT molecular complexity index is 1810. The fourth-order valence-corrected chi connectivity index (χ4v) is 5.22. The van der Waals surface area contributed by atoms with Crippen LogP contribution in [-0.2, 0) is 30.5 Å². The minimum absolute atomic E-state index is 0. The molecular weight excluding hydrogens is 737 g/mol. The van der Waals surface area contributed by atoms with Gasteiger partial charge in [0.1, 0.15) is 17.6 Å². The van der Waals surface area contributed by atoms with E-state index < -0.39 is 23.7 Å². The molecule has 2 aromatic carbocycles. The van der Waals surface area contributed by atoms with Crippen LogP contribution in [0.4, 0.5) is 11.4 Å². The van der Waals surface area contributed by atoms with Gasteiger partial charge in [0.2, 0.25) is 17.7 Å². The molecule has 0 saturated heterocycles. The lowest BCUT2D eigenvalue weighted by Gasteiger charge is -2.21. The number of fused-ring (bicyclic) bond motifs is 1. The van der Waals surface area contributed by atoms with Crippen LogP contribution in [0.1, 0.15) is 30.2 Å². The Kier molecular flexibility index (Phi) is 13.6. The third-order valence-electron chi connectivity index (χ3n) is 6.63. The maximum absolute atomic E-state index is 12.9. The van der Waals surface area contributed by atoms with Crippen LogP contribution in [0.2, 0.25) is 10.0 Å².